The van der Waals surface area contributed by atoms with Gasteiger partial charge in [0.15, 0.2) is 0 Å². The van der Waals surface area contributed by atoms with Crippen molar-refractivity contribution >= 4 is 34.9 Å². The first-order valence-corrected chi connectivity index (χ1v) is 6.76. The summed E-state index contributed by atoms with van der Waals surface area (Å²) in [7, 11) is 1.17. The number of thiophene rings is 1. The van der Waals surface area contributed by atoms with Gasteiger partial charge in [-0.1, -0.05) is 12.1 Å². The molecule has 1 aromatic heterocycles. The van der Waals surface area contributed by atoms with Crippen molar-refractivity contribution in [1.82, 2.24) is 0 Å². The van der Waals surface area contributed by atoms with Crippen molar-refractivity contribution in [1.29, 1.82) is 0 Å². The molecule has 2 rings (SSSR count). The maximum Gasteiger partial charge on any atom is 0.394 e. The Morgan fingerprint density at radius 2 is 1.86 bits per heavy atom. The SMILES string of the molecule is COC(=O)c1sc(-c2ccc(F)cc2)cc1NC(=O)C(=O)O. The van der Waals surface area contributed by atoms with Crippen molar-refractivity contribution in [3.05, 3.63) is 41.0 Å². The number of aliphatic carboxylic acids is 1. The van der Waals surface area contributed by atoms with Gasteiger partial charge in [0.2, 0.25) is 0 Å². The minimum absolute atomic E-state index is 0.0311. The van der Waals surface area contributed by atoms with E-state index in [2.05, 4.69) is 10.1 Å². The van der Waals surface area contributed by atoms with Crippen LogP contribution in [0.3, 0.4) is 0 Å². The maximum atomic E-state index is 12.9. The second-order valence-electron chi connectivity index (χ2n) is 4.11. The van der Waals surface area contributed by atoms with Gasteiger partial charge in [-0.2, -0.15) is 0 Å². The molecule has 0 atom stereocenters. The zero-order valence-electron chi connectivity index (χ0n) is 11.3. The number of anilines is 1. The second-order valence-corrected chi connectivity index (χ2v) is 5.16. The van der Waals surface area contributed by atoms with Crippen molar-refractivity contribution in [2.75, 3.05) is 12.4 Å². The molecule has 2 N–H and O–H groups in total. The van der Waals surface area contributed by atoms with Gasteiger partial charge in [0.05, 0.1) is 12.8 Å². The Morgan fingerprint density at radius 3 is 2.41 bits per heavy atom. The van der Waals surface area contributed by atoms with E-state index in [1.165, 1.54) is 37.4 Å². The molecule has 114 valence electrons. The summed E-state index contributed by atoms with van der Waals surface area (Å²) >= 11 is 1.00. The Labute approximate surface area is 128 Å². The number of rotatable bonds is 3. The van der Waals surface area contributed by atoms with Gasteiger partial charge in [-0.15, -0.1) is 11.3 Å². The molecule has 0 saturated heterocycles. The number of hydrogen-bond donors (Lipinski definition) is 2. The lowest BCUT2D eigenvalue weighted by Gasteiger charge is -2.01. The molecule has 0 radical (unpaired) electrons. The van der Waals surface area contributed by atoms with Crippen molar-refractivity contribution < 1.29 is 28.6 Å². The quantitative estimate of drug-likeness (QED) is 0.668. The van der Waals surface area contributed by atoms with E-state index in [0.29, 0.717) is 10.4 Å². The highest BCUT2D eigenvalue weighted by Gasteiger charge is 2.21. The number of hydrogen-bond acceptors (Lipinski definition) is 5. The van der Waals surface area contributed by atoms with E-state index in [0.717, 1.165) is 11.3 Å². The van der Waals surface area contributed by atoms with E-state index >= 15 is 0 Å². The molecule has 8 heteroatoms. The van der Waals surface area contributed by atoms with Crippen LogP contribution in [0.5, 0.6) is 0 Å². The van der Waals surface area contributed by atoms with Crippen molar-refractivity contribution in [3.8, 4) is 10.4 Å². The van der Waals surface area contributed by atoms with Crippen LogP contribution in [0.15, 0.2) is 30.3 Å². The van der Waals surface area contributed by atoms with Gasteiger partial charge in [0.25, 0.3) is 0 Å². The second kappa shape index (κ2) is 6.35. The molecule has 0 saturated carbocycles. The standard InChI is InChI=1S/C14H10FNO5S/c1-21-14(20)11-9(16-12(17)13(18)19)6-10(22-11)7-2-4-8(15)5-3-7/h2-6H,1H3,(H,16,17)(H,18,19). The summed E-state index contributed by atoms with van der Waals surface area (Å²) in [5.74, 6) is -4.06. The van der Waals surface area contributed by atoms with E-state index < -0.39 is 23.7 Å². The van der Waals surface area contributed by atoms with E-state index in [9.17, 15) is 18.8 Å². The average Bonchev–Trinajstić information content (AvgIpc) is 2.90. The maximum absolute atomic E-state index is 12.9. The first-order chi connectivity index (χ1) is 10.4. The molecule has 0 aliphatic carbocycles. The topological polar surface area (TPSA) is 92.7 Å². The van der Waals surface area contributed by atoms with Crippen molar-refractivity contribution in [2.45, 2.75) is 0 Å². The zero-order valence-corrected chi connectivity index (χ0v) is 12.1. The summed E-state index contributed by atoms with van der Waals surface area (Å²) in [6, 6.07) is 6.95. The average molecular weight is 323 g/mol. The summed E-state index contributed by atoms with van der Waals surface area (Å²) in [5.41, 5.74) is 0.649. The number of carbonyl (C=O) groups excluding carboxylic acids is 2. The Morgan fingerprint density at radius 1 is 1.23 bits per heavy atom. The third-order valence-corrected chi connectivity index (χ3v) is 3.84. The van der Waals surface area contributed by atoms with Gasteiger partial charge in [-0.05, 0) is 23.8 Å². The van der Waals surface area contributed by atoms with Crippen LogP contribution < -0.4 is 5.32 Å². The Balaban J connectivity index is 2.43. The van der Waals surface area contributed by atoms with E-state index in [-0.39, 0.29) is 10.6 Å². The van der Waals surface area contributed by atoms with Crippen LogP contribution in [-0.4, -0.2) is 30.1 Å². The van der Waals surface area contributed by atoms with E-state index in [1.807, 2.05) is 0 Å². The molecule has 0 bridgehead atoms. The lowest BCUT2D eigenvalue weighted by atomic mass is 10.2. The molecule has 0 unspecified atom stereocenters. The number of carboxylic acid groups (broad SMARTS) is 1. The first-order valence-electron chi connectivity index (χ1n) is 5.94. The number of methoxy groups -OCH3 is 1. The number of benzene rings is 1. The summed E-state index contributed by atoms with van der Waals surface area (Å²) in [4.78, 5) is 34.2. The molecule has 6 nitrogen and oxygen atoms in total. The van der Waals surface area contributed by atoms with Crippen LogP contribution in [0.1, 0.15) is 9.67 Å². The molecule has 0 aliphatic rings. The van der Waals surface area contributed by atoms with E-state index in [1.54, 1.807) is 0 Å². The number of carboxylic acids is 1. The molecule has 0 aliphatic heterocycles. The number of carbonyl (C=O) groups is 3. The Kier molecular flexibility index (Phi) is 4.52. The molecule has 0 fully saturated rings. The number of nitrogens with one attached hydrogen (secondary N) is 1. The van der Waals surface area contributed by atoms with Crippen LogP contribution in [0.4, 0.5) is 10.1 Å². The van der Waals surface area contributed by atoms with Gasteiger partial charge >= 0.3 is 17.8 Å². The molecular formula is C14H10FNO5S. The third-order valence-electron chi connectivity index (χ3n) is 2.67. The highest BCUT2D eigenvalue weighted by molar-refractivity contribution is 7.18. The number of ether oxygens (including phenoxy) is 1. The highest BCUT2D eigenvalue weighted by atomic mass is 32.1. The van der Waals surface area contributed by atoms with Crippen LogP contribution >= 0.6 is 11.3 Å². The lowest BCUT2D eigenvalue weighted by molar-refractivity contribution is -0.147. The van der Waals surface area contributed by atoms with Gasteiger partial charge in [-0.3, -0.25) is 4.79 Å². The van der Waals surface area contributed by atoms with Gasteiger partial charge in [-0.25, -0.2) is 14.0 Å². The molecule has 1 heterocycles. The largest absolute Gasteiger partial charge is 0.474 e. The minimum atomic E-state index is -1.68. The monoisotopic (exact) mass is 323 g/mol. The molecule has 2 aromatic rings. The molecule has 1 aromatic carbocycles. The predicted octanol–water partition coefficient (Wildman–Crippen LogP) is 2.36. The van der Waals surface area contributed by atoms with Gasteiger partial charge in [0, 0.05) is 4.88 Å². The van der Waals surface area contributed by atoms with Crippen molar-refractivity contribution in [3.63, 3.8) is 0 Å². The van der Waals surface area contributed by atoms with Crippen LogP contribution in [-0.2, 0) is 14.3 Å². The summed E-state index contributed by atoms with van der Waals surface area (Å²) in [6.07, 6.45) is 0. The van der Waals surface area contributed by atoms with Crippen LogP contribution in [0.2, 0.25) is 0 Å². The smallest absolute Gasteiger partial charge is 0.394 e. The normalized spacial score (nSPS) is 10.1. The molecule has 0 spiro atoms. The fourth-order valence-corrected chi connectivity index (χ4v) is 2.70. The Hall–Kier alpha value is -2.74. The van der Waals surface area contributed by atoms with Gasteiger partial charge < -0.3 is 15.2 Å². The minimum Gasteiger partial charge on any atom is -0.474 e. The number of halogens is 1. The van der Waals surface area contributed by atoms with Gasteiger partial charge in [0.1, 0.15) is 10.7 Å². The summed E-state index contributed by atoms with van der Waals surface area (Å²) in [5, 5.41) is 10.7. The first kappa shape index (κ1) is 15.6. The van der Waals surface area contributed by atoms with Crippen LogP contribution in [0, 0.1) is 5.82 Å². The summed E-state index contributed by atoms with van der Waals surface area (Å²) < 4.78 is 17.5. The van der Waals surface area contributed by atoms with E-state index in [4.69, 9.17) is 5.11 Å². The van der Waals surface area contributed by atoms with Crippen LogP contribution in [0.25, 0.3) is 10.4 Å². The fraction of sp³-hybridized carbons (Fsp3) is 0.0714. The number of esters is 1. The third kappa shape index (κ3) is 3.29. The predicted molar refractivity (Wildman–Crippen MR) is 77.3 cm³/mol. The molecule has 22 heavy (non-hydrogen) atoms. The highest BCUT2D eigenvalue weighted by Crippen LogP contribution is 2.35. The number of amides is 1. The zero-order chi connectivity index (χ0) is 16.3. The Bertz CT molecular complexity index is 738. The lowest BCUT2D eigenvalue weighted by Crippen LogP contribution is -2.22. The molecule has 1 amide bonds. The molecular weight excluding hydrogens is 313 g/mol. The summed E-state index contributed by atoms with van der Waals surface area (Å²) in [6.45, 7) is 0. The van der Waals surface area contributed by atoms with Crippen molar-refractivity contribution in [2.24, 2.45) is 0 Å². The fourth-order valence-electron chi connectivity index (χ4n) is 1.66.